The maximum absolute atomic E-state index is 12.5. The molecule has 2 unspecified atom stereocenters. The molecule has 1 saturated heterocycles. The van der Waals surface area contributed by atoms with Gasteiger partial charge in [-0.2, -0.15) is 0 Å². The number of likely N-dealkylation sites (tertiary alicyclic amines) is 1. The molecule has 2 N–H and O–H groups in total. The third-order valence-corrected chi connectivity index (χ3v) is 4.88. The molecule has 1 aromatic carbocycles. The molecule has 114 valence electrons. The third-order valence-electron chi connectivity index (χ3n) is 4.88. The van der Waals surface area contributed by atoms with Crippen molar-refractivity contribution in [2.75, 3.05) is 13.2 Å². The van der Waals surface area contributed by atoms with Crippen LogP contribution in [0, 0.1) is 12.8 Å². The number of hydrogen-bond acceptors (Lipinski definition) is 2. The van der Waals surface area contributed by atoms with Crippen LogP contribution in [0.3, 0.4) is 0 Å². The van der Waals surface area contributed by atoms with E-state index in [1.54, 1.807) is 4.90 Å². The van der Waals surface area contributed by atoms with Gasteiger partial charge in [-0.3, -0.25) is 0 Å². The molecule has 0 spiro atoms. The van der Waals surface area contributed by atoms with E-state index in [9.17, 15) is 9.90 Å². The van der Waals surface area contributed by atoms with Crippen LogP contribution < -0.4 is 5.32 Å². The summed E-state index contributed by atoms with van der Waals surface area (Å²) in [7, 11) is 0. The topological polar surface area (TPSA) is 52.6 Å². The summed E-state index contributed by atoms with van der Waals surface area (Å²) >= 11 is 0. The predicted molar refractivity (Wildman–Crippen MR) is 82.1 cm³/mol. The Labute approximate surface area is 126 Å². The molecule has 0 aromatic heterocycles. The molecule has 4 heteroatoms. The first-order valence-electron chi connectivity index (χ1n) is 7.87. The van der Waals surface area contributed by atoms with Crippen LogP contribution in [-0.4, -0.2) is 35.2 Å². The summed E-state index contributed by atoms with van der Waals surface area (Å²) in [5.74, 6) is 0.418. The Morgan fingerprint density at radius 2 is 2.29 bits per heavy atom. The van der Waals surface area contributed by atoms with E-state index in [2.05, 4.69) is 37.4 Å². The van der Waals surface area contributed by atoms with Crippen LogP contribution in [0.5, 0.6) is 0 Å². The van der Waals surface area contributed by atoms with Gasteiger partial charge in [-0.15, -0.1) is 0 Å². The van der Waals surface area contributed by atoms with Gasteiger partial charge < -0.3 is 15.3 Å². The van der Waals surface area contributed by atoms with Crippen molar-refractivity contribution in [2.24, 2.45) is 5.92 Å². The molecule has 1 fully saturated rings. The van der Waals surface area contributed by atoms with Gasteiger partial charge in [0.1, 0.15) is 0 Å². The van der Waals surface area contributed by atoms with Crippen LogP contribution in [0.15, 0.2) is 18.2 Å². The number of benzene rings is 1. The molecule has 1 aliphatic heterocycles. The monoisotopic (exact) mass is 288 g/mol. The number of carbonyl (C=O) groups excluding carboxylic acids is 1. The number of carbonyl (C=O) groups is 1. The predicted octanol–water partition coefficient (Wildman–Crippen LogP) is 2.39. The summed E-state index contributed by atoms with van der Waals surface area (Å²) in [4.78, 5) is 14.3. The molecule has 0 radical (unpaired) electrons. The molecule has 3 atom stereocenters. The summed E-state index contributed by atoms with van der Waals surface area (Å²) in [6.45, 7) is 5.08. The first-order valence-corrected chi connectivity index (χ1v) is 7.87. The van der Waals surface area contributed by atoms with Crippen molar-refractivity contribution in [3.63, 3.8) is 0 Å². The van der Waals surface area contributed by atoms with Crippen LogP contribution in [0.1, 0.15) is 42.5 Å². The van der Waals surface area contributed by atoms with Crippen molar-refractivity contribution in [3.8, 4) is 0 Å². The third kappa shape index (κ3) is 2.64. The lowest BCUT2D eigenvalue weighted by Crippen LogP contribution is -2.45. The molecule has 3 rings (SSSR count). The number of rotatable bonds is 2. The molecule has 4 nitrogen and oxygen atoms in total. The van der Waals surface area contributed by atoms with E-state index in [0.29, 0.717) is 5.92 Å². The van der Waals surface area contributed by atoms with Gasteiger partial charge in [-0.1, -0.05) is 30.7 Å². The van der Waals surface area contributed by atoms with Crippen LogP contribution >= 0.6 is 0 Å². The summed E-state index contributed by atoms with van der Waals surface area (Å²) in [5, 5.41) is 12.6. The highest BCUT2D eigenvalue weighted by molar-refractivity contribution is 5.75. The fraction of sp³-hybridized carbons (Fsp3) is 0.588. The van der Waals surface area contributed by atoms with Gasteiger partial charge in [0.15, 0.2) is 0 Å². The van der Waals surface area contributed by atoms with Gasteiger partial charge in [0, 0.05) is 6.54 Å². The Balaban J connectivity index is 1.76. The minimum Gasteiger partial charge on any atom is -0.394 e. The summed E-state index contributed by atoms with van der Waals surface area (Å²) < 4.78 is 0. The molecule has 0 bridgehead atoms. The maximum Gasteiger partial charge on any atom is 0.318 e. The minimum absolute atomic E-state index is 0.0151. The number of aliphatic hydroxyl groups excluding tert-OH is 1. The first-order chi connectivity index (χ1) is 10.1. The van der Waals surface area contributed by atoms with Crippen LogP contribution in [-0.2, 0) is 6.42 Å². The summed E-state index contributed by atoms with van der Waals surface area (Å²) in [5.41, 5.74) is 3.84. The highest BCUT2D eigenvalue weighted by Gasteiger charge is 2.34. The normalized spacial score (nSPS) is 27.8. The van der Waals surface area contributed by atoms with Crippen molar-refractivity contribution in [1.29, 1.82) is 0 Å². The largest absolute Gasteiger partial charge is 0.394 e. The zero-order valence-corrected chi connectivity index (χ0v) is 12.8. The molecule has 0 saturated carbocycles. The van der Waals surface area contributed by atoms with E-state index in [1.807, 2.05) is 0 Å². The Hall–Kier alpha value is -1.55. The fourth-order valence-electron chi connectivity index (χ4n) is 3.69. The summed E-state index contributed by atoms with van der Waals surface area (Å²) in [6.07, 6.45) is 2.90. The highest BCUT2D eigenvalue weighted by Crippen LogP contribution is 2.36. The van der Waals surface area contributed by atoms with Gasteiger partial charge in [0.25, 0.3) is 0 Å². The standard InChI is InChI=1S/C17H24N2O2/c1-11-5-6-13-9-12(2)16(15(13)8-11)18-17(21)19-7-3-4-14(19)10-20/h5-6,8,12,14,16,20H,3-4,7,9-10H2,1-2H3,(H,18,21)/t12?,14-,16?/m0/s1. The van der Waals surface area contributed by atoms with Crippen molar-refractivity contribution in [2.45, 2.75) is 45.2 Å². The van der Waals surface area contributed by atoms with E-state index < -0.39 is 0 Å². The smallest absolute Gasteiger partial charge is 0.318 e. The number of nitrogens with zero attached hydrogens (tertiary/aromatic N) is 1. The number of aryl methyl sites for hydroxylation is 1. The Morgan fingerprint density at radius 3 is 3.05 bits per heavy atom. The molecule has 1 aromatic rings. The Bertz CT molecular complexity index is 544. The Morgan fingerprint density at radius 1 is 1.48 bits per heavy atom. The fourth-order valence-corrected chi connectivity index (χ4v) is 3.69. The van der Waals surface area contributed by atoms with Gasteiger partial charge in [-0.25, -0.2) is 4.79 Å². The average molecular weight is 288 g/mol. The maximum atomic E-state index is 12.5. The van der Waals surface area contributed by atoms with Crippen LogP contribution in [0.25, 0.3) is 0 Å². The van der Waals surface area contributed by atoms with Gasteiger partial charge in [-0.05, 0) is 43.2 Å². The van der Waals surface area contributed by atoms with Crippen molar-refractivity contribution >= 4 is 6.03 Å². The van der Waals surface area contributed by atoms with Crippen molar-refractivity contribution in [1.82, 2.24) is 10.2 Å². The molecular formula is C17H24N2O2. The SMILES string of the molecule is Cc1ccc2c(c1)C(NC(=O)N1CCC[C@H]1CO)C(C)C2. The Kier molecular flexibility index (Phi) is 3.89. The molecular weight excluding hydrogens is 264 g/mol. The minimum atomic E-state index is -0.0299. The van der Waals surface area contributed by atoms with E-state index in [0.717, 1.165) is 25.8 Å². The second kappa shape index (κ2) is 5.68. The van der Waals surface area contributed by atoms with E-state index in [4.69, 9.17) is 0 Å². The second-order valence-electron chi connectivity index (χ2n) is 6.48. The average Bonchev–Trinajstić information content (AvgIpc) is 3.04. The molecule has 1 aliphatic carbocycles. The van der Waals surface area contributed by atoms with Gasteiger partial charge >= 0.3 is 6.03 Å². The zero-order chi connectivity index (χ0) is 15.0. The molecule has 2 amide bonds. The van der Waals surface area contributed by atoms with Crippen LogP contribution in [0.2, 0.25) is 0 Å². The number of nitrogens with one attached hydrogen (secondary N) is 1. The number of amides is 2. The van der Waals surface area contributed by atoms with E-state index in [1.165, 1.54) is 16.7 Å². The van der Waals surface area contributed by atoms with Crippen molar-refractivity contribution < 1.29 is 9.90 Å². The molecule has 21 heavy (non-hydrogen) atoms. The lowest BCUT2D eigenvalue weighted by atomic mass is 10.0. The highest BCUT2D eigenvalue weighted by atomic mass is 16.3. The second-order valence-corrected chi connectivity index (χ2v) is 6.48. The molecule has 1 heterocycles. The number of urea groups is 1. The van der Waals surface area contributed by atoms with Crippen LogP contribution in [0.4, 0.5) is 4.79 Å². The number of hydrogen-bond donors (Lipinski definition) is 2. The lowest BCUT2D eigenvalue weighted by Gasteiger charge is -2.27. The zero-order valence-electron chi connectivity index (χ0n) is 12.8. The van der Waals surface area contributed by atoms with Crippen molar-refractivity contribution in [3.05, 3.63) is 34.9 Å². The number of fused-ring (bicyclic) bond motifs is 1. The van der Waals surface area contributed by atoms with E-state index >= 15 is 0 Å². The van der Waals surface area contributed by atoms with Gasteiger partial charge in [0.05, 0.1) is 18.7 Å². The number of aliphatic hydroxyl groups is 1. The quantitative estimate of drug-likeness (QED) is 0.878. The van der Waals surface area contributed by atoms with E-state index in [-0.39, 0.29) is 24.7 Å². The summed E-state index contributed by atoms with van der Waals surface area (Å²) in [6, 6.07) is 6.55. The van der Waals surface area contributed by atoms with Gasteiger partial charge in [0.2, 0.25) is 0 Å². The lowest BCUT2D eigenvalue weighted by molar-refractivity contribution is 0.153. The molecule has 2 aliphatic rings. The first kappa shape index (κ1) is 14.4.